The first-order valence-electron chi connectivity index (χ1n) is 5.58. The van der Waals surface area contributed by atoms with Gasteiger partial charge in [0.05, 0.1) is 5.02 Å². The van der Waals surface area contributed by atoms with Crippen molar-refractivity contribution in [2.75, 3.05) is 0 Å². The molecule has 2 nitrogen and oxygen atoms in total. The number of hydrogen-bond donors (Lipinski definition) is 1. The van der Waals surface area contributed by atoms with E-state index in [1.165, 1.54) is 12.1 Å². The van der Waals surface area contributed by atoms with E-state index in [-0.39, 0.29) is 5.02 Å². The number of aromatic amines is 1. The summed E-state index contributed by atoms with van der Waals surface area (Å²) in [6.45, 7) is 3.98. The summed E-state index contributed by atoms with van der Waals surface area (Å²) in [7, 11) is 0. The Balaban J connectivity index is 2.58. The summed E-state index contributed by atoms with van der Waals surface area (Å²) < 4.78 is 13.7. The van der Waals surface area contributed by atoms with Gasteiger partial charge >= 0.3 is 0 Å². The lowest BCUT2D eigenvalue weighted by molar-refractivity contribution is 0.628. The highest BCUT2D eigenvalue weighted by Crippen LogP contribution is 2.23. The monoisotopic (exact) mass is 282 g/mol. The Bertz CT molecular complexity index is 652. The third-order valence-corrected chi connectivity index (χ3v) is 3.40. The molecule has 1 aromatic carbocycles. The predicted octanol–water partition coefficient (Wildman–Crippen LogP) is 4.47. The van der Waals surface area contributed by atoms with Crippen LogP contribution in [0.4, 0.5) is 4.39 Å². The van der Waals surface area contributed by atoms with Crippen molar-refractivity contribution in [3.05, 3.63) is 44.9 Å². The number of rotatable bonds is 2. The van der Waals surface area contributed by atoms with Crippen LogP contribution >= 0.6 is 23.8 Å². The first-order valence-corrected chi connectivity index (χ1v) is 6.36. The average Bonchev–Trinajstić information content (AvgIpc) is 2.32. The van der Waals surface area contributed by atoms with E-state index < -0.39 is 5.82 Å². The maximum atomic E-state index is 13.1. The van der Waals surface area contributed by atoms with Crippen molar-refractivity contribution >= 4 is 23.8 Å². The van der Waals surface area contributed by atoms with E-state index in [0.29, 0.717) is 10.5 Å². The molecule has 0 spiro atoms. The van der Waals surface area contributed by atoms with Gasteiger partial charge in [-0.1, -0.05) is 30.7 Å². The zero-order chi connectivity index (χ0) is 13.3. The van der Waals surface area contributed by atoms with Crippen molar-refractivity contribution in [3.8, 4) is 11.4 Å². The van der Waals surface area contributed by atoms with Crippen LogP contribution in [0.1, 0.15) is 18.2 Å². The molecule has 0 aliphatic rings. The second-order valence-electron chi connectivity index (χ2n) is 3.98. The average molecular weight is 283 g/mol. The van der Waals surface area contributed by atoms with Gasteiger partial charge in [-0.3, -0.25) is 0 Å². The SMILES string of the molecule is CCc1c(C)[nH]c(-c2ccc(F)c(Cl)c2)nc1=S. The highest BCUT2D eigenvalue weighted by atomic mass is 35.5. The summed E-state index contributed by atoms with van der Waals surface area (Å²) in [6, 6.07) is 4.48. The van der Waals surface area contributed by atoms with Crippen LogP contribution in [0.5, 0.6) is 0 Å². The molecule has 0 aliphatic heterocycles. The van der Waals surface area contributed by atoms with Gasteiger partial charge in [-0.25, -0.2) is 9.37 Å². The lowest BCUT2D eigenvalue weighted by Gasteiger charge is -2.08. The molecule has 0 atom stereocenters. The van der Waals surface area contributed by atoms with Crippen molar-refractivity contribution in [2.45, 2.75) is 20.3 Å². The van der Waals surface area contributed by atoms with Crippen molar-refractivity contribution < 1.29 is 4.39 Å². The number of hydrogen-bond acceptors (Lipinski definition) is 2. The molecule has 1 heterocycles. The highest BCUT2D eigenvalue weighted by molar-refractivity contribution is 7.71. The van der Waals surface area contributed by atoms with Gasteiger partial charge in [0.25, 0.3) is 0 Å². The number of aromatic nitrogens is 2. The van der Waals surface area contributed by atoms with Crippen LogP contribution in [-0.2, 0) is 6.42 Å². The third kappa shape index (κ3) is 2.44. The second-order valence-corrected chi connectivity index (χ2v) is 4.77. The van der Waals surface area contributed by atoms with Gasteiger partial charge in [-0.15, -0.1) is 0 Å². The minimum Gasteiger partial charge on any atom is -0.343 e. The standard InChI is InChI=1S/C13H12ClFN2S/c1-3-9-7(2)16-12(17-13(9)18)8-4-5-11(15)10(14)6-8/h4-6H,3H2,1-2H3,(H,16,17,18). The summed E-state index contributed by atoms with van der Waals surface area (Å²) in [5.41, 5.74) is 2.73. The summed E-state index contributed by atoms with van der Waals surface area (Å²) in [6.07, 6.45) is 0.832. The summed E-state index contributed by atoms with van der Waals surface area (Å²) in [5.74, 6) is 0.164. The van der Waals surface area contributed by atoms with Crippen LogP contribution in [-0.4, -0.2) is 9.97 Å². The second kappa shape index (κ2) is 5.16. The molecule has 1 N–H and O–H groups in total. The van der Waals surface area contributed by atoms with E-state index in [4.69, 9.17) is 23.8 Å². The van der Waals surface area contributed by atoms with Crippen LogP contribution < -0.4 is 0 Å². The van der Waals surface area contributed by atoms with E-state index in [9.17, 15) is 4.39 Å². The number of H-pyrrole nitrogens is 1. The van der Waals surface area contributed by atoms with Crippen molar-refractivity contribution in [2.24, 2.45) is 0 Å². The summed E-state index contributed by atoms with van der Waals surface area (Å²) >= 11 is 11.0. The van der Waals surface area contributed by atoms with Crippen molar-refractivity contribution in [1.82, 2.24) is 9.97 Å². The Morgan fingerprint density at radius 2 is 2.17 bits per heavy atom. The van der Waals surface area contributed by atoms with Crippen molar-refractivity contribution in [3.63, 3.8) is 0 Å². The summed E-state index contributed by atoms with van der Waals surface area (Å²) in [4.78, 5) is 7.50. The lowest BCUT2D eigenvalue weighted by Crippen LogP contribution is -1.99. The van der Waals surface area contributed by atoms with Gasteiger partial charge in [0.2, 0.25) is 0 Å². The van der Waals surface area contributed by atoms with Crippen molar-refractivity contribution in [1.29, 1.82) is 0 Å². The van der Waals surface area contributed by atoms with E-state index in [0.717, 1.165) is 23.2 Å². The highest BCUT2D eigenvalue weighted by Gasteiger charge is 2.08. The Labute approximate surface area is 115 Å². The first kappa shape index (κ1) is 13.2. The zero-order valence-electron chi connectivity index (χ0n) is 10.1. The maximum absolute atomic E-state index is 13.1. The van der Waals surface area contributed by atoms with Crippen LogP contribution in [0.15, 0.2) is 18.2 Å². The summed E-state index contributed by atoms with van der Waals surface area (Å²) in [5, 5.41) is 0.0749. The molecular weight excluding hydrogens is 271 g/mol. The number of aryl methyl sites for hydroxylation is 1. The molecule has 5 heteroatoms. The maximum Gasteiger partial charge on any atom is 0.141 e. The number of nitrogens with zero attached hydrogens (tertiary/aromatic N) is 1. The number of halogens is 2. The molecule has 0 bridgehead atoms. The van der Waals surface area contributed by atoms with Crippen LogP contribution in [0, 0.1) is 17.4 Å². The molecular formula is C13H12ClFN2S. The predicted molar refractivity (Wildman–Crippen MR) is 73.9 cm³/mol. The topological polar surface area (TPSA) is 28.7 Å². The van der Waals surface area contributed by atoms with E-state index >= 15 is 0 Å². The quantitative estimate of drug-likeness (QED) is 0.823. The van der Waals surface area contributed by atoms with E-state index in [2.05, 4.69) is 9.97 Å². The van der Waals surface area contributed by atoms with E-state index in [1.807, 2.05) is 13.8 Å². The van der Waals surface area contributed by atoms with Gasteiger partial charge in [0.1, 0.15) is 16.3 Å². The Morgan fingerprint density at radius 3 is 2.72 bits per heavy atom. The molecule has 2 rings (SSSR count). The largest absolute Gasteiger partial charge is 0.343 e. The molecule has 0 saturated carbocycles. The molecule has 0 unspecified atom stereocenters. The molecule has 2 aromatic rings. The Morgan fingerprint density at radius 1 is 1.44 bits per heavy atom. The number of nitrogens with one attached hydrogen (secondary N) is 1. The molecule has 0 saturated heterocycles. The molecule has 0 radical (unpaired) electrons. The Hall–Kier alpha value is -1.26. The fourth-order valence-corrected chi connectivity index (χ4v) is 2.38. The number of benzene rings is 1. The fourth-order valence-electron chi connectivity index (χ4n) is 1.81. The minimum atomic E-state index is -0.444. The van der Waals surface area contributed by atoms with Gasteiger partial charge in [0.15, 0.2) is 0 Å². The van der Waals surface area contributed by atoms with Crippen LogP contribution in [0.3, 0.4) is 0 Å². The normalized spacial score (nSPS) is 10.7. The first-order chi connectivity index (χ1) is 8.52. The van der Waals surface area contributed by atoms with Gasteiger partial charge in [0, 0.05) is 16.8 Å². The zero-order valence-corrected chi connectivity index (χ0v) is 11.6. The lowest BCUT2D eigenvalue weighted by atomic mass is 10.1. The minimum absolute atomic E-state index is 0.0749. The fraction of sp³-hybridized carbons (Fsp3) is 0.231. The van der Waals surface area contributed by atoms with Gasteiger partial charge < -0.3 is 4.98 Å². The van der Waals surface area contributed by atoms with Crippen LogP contribution in [0.25, 0.3) is 11.4 Å². The molecule has 1 aromatic heterocycles. The van der Waals surface area contributed by atoms with Gasteiger partial charge in [-0.2, -0.15) is 0 Å². The smallest absolute Gasteiger partial charge is 0.141 e. The molecule has 18 heavy (non-hydrogen) atoms. The Kier molecular flexibility index (Phi) is 3.78. The van der Waals surface area contributed by atoms with Crippen LogP contribution in [0.2, 0.25) is 5.02 Å². The molecule has 0 amide bonds. The van der Waals surface area contributed by atoms with E-state index in [1.54, 1.807) is 6.07 Å². The molecule has 94 valence electrons. The third-order valence-electron chi connectivity index (χ3n) is 2.78. The van der Waals surface area contributed by atoms with Gasteiger partial charge in [-0.05, 0) is 31.5 Å². The molecule has 0 fully saturated rings. The molecule has 0 aliphatic carbocycles.